The third-order valence-electron chi connectivity index (χ3n) is 4.94. The number of nitrogens with zero attached hydrogens (tertiary/aromatic N) is 1. The molecule has 1 amide bonds. The SMILES string of the molecule is COC(=O)c1[nH]c2ccccc2c1NC(=O)CN1CCc2ccccc2C1. The van der Waals surface area contributed by atoms with Gasteiger partial charge in [-0.3, -0.25) is 9.69 Å². The number of benzene rings is 2. The first-order valence-corrected chi connectivity index (χ1v) is 8.93. The molecule has 2 N–H and O–H groups in total. The summed E-state index contributed by atoms with van der Waals surface area (Å²) in [5, 5.41) is 3.69. The largest absolute Gasteiger partial charge is 0.464 e. The minimum absolute atomic E-state index is 0.149. The number of hydrogen-bond donors (Lipinski definition) is 2. The average Bonchev–Trinajstić information content (AvgIpc) is 3.05. The second kappa shape index (κ2) is 7.25. The van der Waals surface area contributed by atoms with Gasteiger partial charge in [0.05, 0.1) is 19.3 Å². The molecule has 0 fully saturated rings. The van der Waals surface area contributed by atoms with E-state index in [-0.39, 0.29) is 18.1 Å². The molecule has 27 heavy (non-hydrogen) atoms. The highest BCUT2D eigenvalue weighted by atomic mass is 16.5. The maximum absolute atomic E-state index is 12.7. The van der Waals surface area contributed by atoms with E-state index >= 15 is 0 Å². The van der Waals surface area contributed by atoms with Crippen molar-refractivity contribution in [1.29, 1.82) is 0 Å². The molecule has 0 spiro atoms. The standard InChI is InChI=1S/C21H21N3O3/c1-27-21(26)20-19(16-8-4-5-9-17(16)22-20)23-18(25)13-24-11-10-14-6-2-3-7-15(14)12-24/h2-9,22H,10-13H2,1H3,(H,23,25). The van der Waals surface area contributed by atoms with E-state index in [0.717, 1.165) is 30.4 Å². The number of ether oxygens (including phenoxy) is 1. The summed E-state index contributed by atoms with van der Waals surface area (Å²) in [4.78, 5) is 29.9. The van der Waals surface area contributed by atoms with Gasteiger partial charge in [-0.05, 0) is 23.6 Å². The Kier molecular flexibility index (Phi) is 4.64. The zero-order chi connectivity index (χ0) is 18.8. The number of hydrogen-bond acceptors (Lipinski definition) is 4. The van der Waals surface area contributed by atoms with E-state index < -0.39 is 5.97 Å². The number of aromatic nitrogens is 1. The van der Waals surface area contributed by atoms with Gasteiger partial charge in [0.25, 0.3) is 0 Å². The van der Waals surface area contributed by atoms with Crippen LogP contribution in [-0.4, -0.2) is 42.0 Å². The molecule has 0 atom stereocenters. The van der Waals surface area contributed by atoms with Gasteiger partial charge in [-0.25, -0.2) is 4.79 Å². The predicted molar refractivity (Wildman–Crippen MR) is 104 cm³/mol. The molecule has 2 heterocycles. The zero-order valence-corrected chi connectivity index (χ0v) is 15.1. The van der Waals surface area contributed by atoms with Gasteiger partial charge in [-0.15, -0.1) is 0 Å². The van der Waals surface area contributed by atoms with Crippen LogP contribution in [0.15, 0.2) is 48.5 Å². The summed E-state index contributed by atoms with van der Waals surface area (Å²) < 4.78 is 4.85. The number of H-pyrrole nitrogens is 1. The van der Waals surface area contributed by atoms with Crippen molar-refractivity contribution in [3.8, 4) is 0 Å². The van der Waals surface area contributed by atoms with Crippen molar-refractivity contribution in [2.45, 2.75) is 13.0 Å². The van der Waals surface area contributed by atoms with Crippen molar-refractivity contribution in [3.05, 3.63) is 65.4 Å². The first-order chi connectivity index (χ1) is 13.2. The normalized spacial score (nSPS) is 14.0. The number of methoxy groups -OCH3 is 1. The Labute approximate surface area is 157 Å². The molecule has 1 aliphatic heterocycles. The summed E-state index contributed by atoms with van der Waals surface area (Å²) in [5.74, 6) is -0.655. The lowest BCUT2D eigenvalue weighted by atomic mass is 10.00. The van der Waals surface area contributed by atoms with Crippen molar-refractivity contribution >= 4 is 28.5 Å². The van der Waals surface area contributed by atoms with Crippen molar-refractivity contribution < 1.29 is 14.3 Å². The Hall–Kier alpha value is -3.12. The van der Waals surface area contributed by atoms with Crippen LogP contribution in [0.3, 0.4) is 0 Å². The Morgan fingerprint density at radius 3 is 2.67 bits per heavy atom. The summed E-state index contributed by atoms with van der Waals surface area (Å²) in [5.41, 5.74) is 4.12. The van der Waals surface area contributed by atoms with Gasteiger partial charge in [0.1, 0.15) is 5.69 Å². The maximum Gasteiger partial charge on any atom is 0.356 e. The first kappa shape index (κ1) is 17.3. The van der Waals surface area contributed by atoms with E-state index in [1.165, 1.54) is 18.2 Å². The Morgan fingerprint density at radius 2 is 1.85 bits per heavy atom. The number of carbonyl (C=O) groups is 2. The molecular formula is C21H21N3O3. The molecule has 6 nitrogen and oxygen atoms in total. The Bertz CT molecular complexity index is 1010. The lowest BCUT2D eigenvalue weighted by molar-refractivity contribution is -0.117. The average molecular weight is 363 g/mol. The Balaban J connectivity index is 1.52. The van der Waals surface area contributed by atoms with Crippen LogP contribution in [0.25, 0.3) is 10.9 Å². The quantitative estimate of drug-likeness (QED) is 0.699. The number of rotatable bonds is 4. The molecular weight excluding hydrogens is 342 g/mol. The van der Waals surface area contributed by atoms with Crippen molar-refractivity contribution in [2.24, 2.45) is 0 Å². The highest BCUT2D eigenvalue weighted by Gasteiger charge is 2.22. The van der Waals surface area contributed by atoms with Crippen LogP contribution in [0.1, 0.15) is 21.6 Å². The second-order valence-electron chi connectivity index (χ2n) is 6.69. The molecule has 2 aromatic carbocycles. The molecule has 0 unspecified atom stereocenters. The van der Waals surface area contributed by atoms with Crippen LogP contribution >= 0.6 is 0 Å². The van der Waals surface area contributed by atoms with Gasteiger partial charge in [0, 0.05) is 24.0 Å². The fourth-order valence-corrected chi connectivity index (χ4v) is 3.60. The summed E-state index contributed by atoms with van der Waals surface area (Å²) in [6.45, 7) is 1.86. The van der Waals surface area contributed by atoms with E-state index in [9.17, 15) is 9.59 Å². The van der Waals surface area contributed by atoms with Crippen LogP contribution in [0.4, 0.5) is 5.69 Å². The van der Waals surface area contributed by atoms with Crippen LogP contribution in [0, 0.1) is 0 Å². The van der Waals surface area contributed by atoms with Crippen molar-refractivity contribution in [1.82, 2.24) is 9.88 Å². The van der Waals surface area contributed by atoms with Crippen LogP contribution in [0.2, 0.25) is 0 Å². The monoisotopic (exact) mass is 363 g/mol. The van der Waals surface area contributed by atoms with Gasteiger partial charge < -0.3 is 15.0 Å². The number of esters is 1. The molecule has 1 aromatic heterocycles. The van der Waals surface area contributed by atoms with Crippen LogP contribution in [0.5, 0.6) is 0 Å². The third-order valence-corrected chi connectivity index (χ3v) is 4.94. The fourth-order valence-electron chi connectivity index (χ4n) is 3.60. The highest BCUT2D eigenvalue weighted by molar-refractivity contribution is 6.11. The molecule has 4 rings (SSSR count). The minimum Gasteiger partial charge on any atom is -0.464 e. The Morgan fingerprint density at radius 1 is 1.11 bits per heavy atom. The third kappa shape index (κ3) is 3.44. The predicted octanol–water partition coefficient (Wildman–Crippen LogP) is 2.95. The molecule has 6 heteroatoms. The lowest BCUT2D eigenvalue weighted by Gasteiger charge is -2.28. The number of para-hydroxylation sites is 1. The molecule has 0 bridgehead atoms. The highest BCUT2D eigenvalue weighted by Crippen LogP contribution is 2.28. The number of nitrogens with one attached hydrogen (secondary N) is 2. The topological polar surface area (TPSA) is 74.4 Å². The van der Waals surface area contributed by atoms with Gasteiger partial charge in [-0.1, -0.05) is 42.5 Å². The second-order valence-corrected chi connectivity index (χ2v) is 6.69. The summed E-state index contributed by atoms with van der Waals surface area (Å²) in [7, 11) is 1.32. The van der Waals surface area contributed by atoms with E-state index in [1.807, 2.05) is 36.4 Å². The zero-order valence-electron chi connectivity index (χ0n) is 15.1. The van der Waals surface area contributed by atoms with Gasteiger partial charge in [0.15, 0.2) is 0 Å². The lowest BCUT2D eigenvalue weighted by Crippen LogP contribution is -2.37. The van der Waals surface area contributed by atoms with E-state index in [1.54, 1.807) is 0 Å². The van der Waals surface area contributed by atoms with E-state index in [2.05, 4.69) is 27.3 Å². The number of anilines is 1. The molecule has 138 valence electrons. The fraction of sp³-hybridized carbons (Fsp3) is 0.238. The maximum atomic E-state index is 12.7. The molecule has 3 aromatic rings. The number of fused-ring (bicyclic) bond motifs is 2. The van der Waals surface area contributed by atoms with Gasteiger partial charge in [-0.2, -0.15) is 0 Å². The van der Waals surface area contributed by atoms with E-state index in [4.69, 9.17) is 4.74 Å². The van der Waals surface area contributed by atoms with Crippen LogP contribution in [-0.2, 0) is 22.5 Å². The van der Waals surface area contributed by atoms with E-state index in [0.29, 0.717) is 5.69 Å². The molecule has 0 aliphatic carbocycles. The number of aromatic amines is 1. The summed E-state index contributed by atoms with van der Waals surface area (Å²) in [6.07, 6.45) is 0.934. The summed E-state index contributed by atoms with van der Waals surface area (Å²) >= 11 is 0. The smallest absolute Gasteiger partial charge is 0.356 e. The number of amides is 1. The van der Waals surface area contributed by atoms with Gasteiger partial charge >= 0.3 is 5.97 Å². The van der Waals surface area contributed by atoms with Crippen LogP contribution < -0.4 is 5.32 Å². The molecule has 1 aliphatic rings. The minimum atomic E-state index is -0.506. The summed E-state index contributed by atoms with van der Waals surface area (Å²) in [6, 6.07) is 15.8. The molecule has 0 radical (unpaired) electrons. The number of carbonyl (C=O) groups excluding carboxylic acids is 2. The first-order valence-electron chi connectivity index (χ1n) is 8.93. The molecule has 0 saturated carbocycles. The van der Waals surface area contributed by atoms with Gasteiger partial charge in [0.2, 0.25) is 5.91 Å². The van der Waals surface area contributed by atoms with Crippen molar-refractivity contribution in [3.63, 3.8) is 0 Å². The van der Waals surface area contributed by atoms with Crippen molar-refractivity contribution in [2.75, 3.05) is 25.5 Å². The molecule has 0 saturated heterocycles.